The van der Waals surface area contributed by atoms with Crippen LogP contribution in [0.1, 0.15) is 65.2 Å². The molecule has 0 bridgehead atoms. The van der Waals surface area contributed by atoms with Crippen LogP contribution in [0.2, 0.25) is 6.04 Å². The molecule has 24 heavy (non-hydrogen) atoms. The Balaban J connectivity index is 3.86. The minimum atomic E-state index is -2.53. The van der Waals surface area contributed by atoms with E-state index in [2.05, 4.69) is 6.92 Å². The van der Waals surface area contributed by atoms with Gasteiger partial charge in [0.05, 0.1) is 6.61 Å². The van der Waals surface area contributed by atoms with Crippen LogP contribution in [-0.4, -0.2) is 42.2 Å². The van der Waals surface area contributed by atoms with Crippen LogP contribution in [0.15, 0.2) is 12.2 Å². The fraction of sp³-hybridized carbons (Fsp3) is 0.833. The molecule has 142 valence electrons. The van der Waals surface area contributed by atoms with Crippen molar-refractivity contribution in [2.75, 3.05) is 27.4 Å². The van der Waals surface area contributed by atoms with E-state index in [1.54, 1.807) is 27.2 Å². The monoisotopic (exact) mass is 360 g/mol. The number of hydrogen-bond donors (Lipinski definition) is 0. The Bertz CT molecular complexity index is 329. The van der Waals surface area contributed by atoms with Gasteiger partial charge < -0.3 is 18.0 Å². The second-order valence-corrected chi connectivity index (χ2v) is 8.80. The number of esters is 1. The molecule has 6 heteroatoms. The molecular formula is C18H36O5Si. The Kier molecular flexibility index (Phi) is 15.4. The third-order valence-electron chi connectivity index (χ3n) is 3.87. The largest absolute Gasteiger partial charge is 0.500 e. The summed E-state index contributed by atoms with van der Waals surface area (Å²) in [6.45, 7) is 5.01. The van der Waals surface area contributed by atoms with Gasteiger partial charge in [0.25, 0.3) is 0 Å². The van der Waals surface area contributed by atoms with Gasteiger partial charge in [-0.2, -0.15) is 0 Å². The van der Waals surface area contributed by atoms with Crippen molar-refractivity contribution in [3.63, 3.8) is 0 Å². The Morgan fingerprint density at radius 1 is 0.917 bits per heavy atom. The number of carbonyl (C=O) groups is 1. The number of unbranched alkanes of at least 4 members (excludes halogenated alkanes) is 6. The van der Waals surface area contributed by atoms with E-state index in [9.17, 15) is 4.79 Å². The van der Waals surface area contributed by atoms with Gasteiger partial charge in [0, 0.05) is 32.9 Å². The van der Waals surface area contributed by atoms with Crippen molar-refractivity contribution in [2.24, 2.45) is 0 Å². The first-order chi connectivity index (χ1) is 11.6. The average molecular weight is 361 g/mol. The van der Waals surface area contributed by atoms with E-state index in [1.165, 1.54) is 38.2 Å². The van der Waals surface area contributed by atoms with Crippen LogP contribution in [0.5, 0.6) is 0 Å². The Hall–Kier alpha value is -0.693. The molecule has 0 rings (SSSR count). The molecule has 0 aliphatic rings. The summed E-state index contributed by atoms with van der Waals surface area (Å²) in [4.78, 5) is 11.2. The zero-order chi connectivity index (χ0) is 18.1. The first-order valence-corrected chi connectivity index (χ1v) is 11.1. The predicted molar refractivity (Wildman–Crippen MR) is 98.9 cm³/mol. The molecule has 0 aliphatic heterocycles. The summed E-state index contributed by atoms with van der Waals surface area (Å²) >= 11 is 0. The molecule has 0 radical (unpaired) electrons. The highest BCUT2D eigenvalue weighted by molar-refractivity contribution is 6.60. The number of allylic oxidation sites excluding steroid dienone is 1. The maximum Gasteiger partial charge on any atom is 0.500 e. The van der Waals surface area contributed by atoms with Crippen LogP contribution in [0, 0.1) is 0 Å². The Morgan fingerprint density at radius 2 is 1.54 bits per heavy atom. The van der Waals surface area contributed by atoms with E-state index in [1.807, 2.05) is 0 Å². The summed E-state index contributed by atoms with van der Waals surface area (Å²) in [5.74, 6) is -0.293. The molecule has 0 unspecified atom stereocenters. The zero-order valence-corrected chi connectivity index (χ0v) is 17.0. The number of carbonyl (C=O) groups excluding carboxylic acids is 1. The van der Waals surface area contributed by atoms with Crippen LogP contribution >= 0.6 is 0 Å². The van der Waals surface area contributed by atoms with Crippen LogP contribution in [-0.2, 0) is 22.8 Å². The summed E-state index contributed by atoms with van der Waals surface area (Å²) < 4.78 is 22.2. The van der Waals surface area contributed by atoms with Crippen molar-refractivity contribution in [1.29, 1.82) is 0 Å². The lowest BCUT2D eigenvalue weighted by molar-refractivity contribution is -0.137. The second-order valence-electron chi connectivity index (χ2n) is 5.83. The topological polar surface area (TPSA) is 54.0 Å². The smallest absolute Gasteiger partial charge is 0.463 e. The zero-order valence-electron chi connectivity index (χ0n) is 16.0. The summed E-state index contributed by atoms with van der Waals surface area (Å²) in [5, 5.41) is 0. The first-order valence-electron chi connectivity index (χ1n) is 9.17. The summed E-state index contributed by atoms with van der Waals surface area (Å²) in [6.07, 6.45) is 12.1. The maximum absolute atomic E-state index is 11.2. The SMILES string of the molecule is CC=CC(=O)OCCCCO[Si](CCCCCCCC)(OC)OC. The highest BCUT2D eigenvalue weighted by atomic mass is 28.4. The van der Waals surface area contributed by atoms with E-state index in [0.29, 0.717) is 13.2 Å². The fourth-order valence-electron chi connectivity index (χ4n) is 2.39. The molecule has 0 saturated carbocycles. The normalized spacial score (nSPS) is 12.0. The van der Waals surface area contributed by atoms with Gasteiger partial charge in [-0.05, 0) is 26.2 Å². The van der Waals surface area contributed by atoms with E-state index >= 15 is 0 Å². The van der Waals surface area contributed by atoms with Gasteiger partial charge in [-0.15, -0.1) is 0 Å². The number of ether oxygens (including phenoxy) is 1. The van der Waals surface area contributed by atoms with Crippen molar-refractivity contribution in [2.45, 2.75) is 71.3 Å². The molecule has 0 saturated heterocycles. The average Bonchev–Trinajstić information content (AvgIpc) is 2.59. The minimum Gasteiger partial charge on any atom is -0.463 e. The fourth-order valence-corrected chi connectivity index (χ4v) is 4.48. The molecule has 0 aromatic rings. The molecule has 0 fully saturated rings. The van der Waals surface area contributed by atoms with E-state index in [-0.39, 0.29) is 5.97 Å². The van der Waals surface area contributed by atoms with Gasteiger partial charge in [0.2, 0.25) is 0 Å². The van der Waals surface area contributed by atoms with Crippen LogP contribution in [0.3, 0.4) is 0 Å². The quantitative estimate of drug-likeness (QED) is 0.176. The highest BCUT2D eigenvalue weighted by Gasteiger charge is 2.38. The highest BCUT2D eigenvalue weighted by Crippen LogP contribution is 2.19. The van der Waals surface area contributed by atoms with Crippen molar-refractivity contribution in [1.82, 2.24) is 0 Å². The van der Waals surface area contributed by atoms with Crippen LogP contribution in [0.25, 0.3) is 0 Å². The van der Waals surface area contributed by atoms with Gasteiger partial charge in [0.1, 0.15) is 0 Å². The molecule has 0 amide bonds. The van der Waals surface area contributed by atoms with Gasteiger partial charge in [-0.3, -0.25) is 0 Å². The third kappa shape index (κ3) is 11.8. The molecule has 0 heterocycles. The number of rotatable bonds is 16. The van der Waals surface area contributed by atoms with Crippen molar-refractivity contribution in [3.05, 3.63) is 12.2 Å². The Labute approximate surface area is 149 Å². The lowest BCUT2D eigenvalue weighted by atomic mass is 10.1. The summed E-state index contributed by atoms with van der Waals surface area (Å²) in [6, 6.07) is 0.863. The molecule has 0 spiro atoms. The van der Waals surface area contributed by atoms with Gasteiger partial charge in [-0.25, -0.2) is 4.79 Å². The van der Waals surface area contributed by atoms with E-state index < -0.39 is 8.80 Å². The van der Waals surface area contributed by atoms with Crippen LogP contribution < -0.4 is 0 Å². The van der Waals surface area contributed by atoms with Crippen molar-refractivity contribution in [3.8, 4) is 0 Å². The third-order valence-corrected chi connectivity index (χ3v) is 6.72. The molecule has 0 atom stereocenters. The lowest BCUT2D eigenvalue weighted by Gasteiger charge is -2.26. The lowest BCUT2D eigenvalue weighted by Crippen LogP contribution is -2.44. The predicted octanol–water partition coefficient (Wildman–Crippen LogP) is 4.49. The molecule has 5 nitrogen and oxygen atoms in total. The second kappa shape index (κ2) is 15.8. The first kappa shape index (κ1) is 23.3. The molecule has 0 aromatic heterocycles. The van der Waals surface area contributed by atoms with Crippen molar-refractivity contribution >= 4 is 14.8 Å². The summed E-state index contributed by atoms with van der Waals surface area (Å²) in [7, 11) is 0.819. The van der Waals surface area contributed by atoms with Gasteiger partial charge in [0.15, 0.2) is 0 Å². The molecule has 0 aromatic carbocycles. The van der Waals surface area contributed by atoms with Gasteiger partial charge >= 0.3 is 14.8 Å². The molecule has 0 N–H and O–H groups in total. The standard InChI is InChI=1S/C18H36O5Si/c1-5-7-8-9-10-13-17-24(20-3,21-4)23-16-12-11-15-22-18(19)14-6-2/h6,14H,5,7-13,15-17H2,1-4H3. The van der Waals surface area contributed by atoms with E-state index in [0.717, 1.165) is 25.3 Å². The maximum atomic E-state index is 11.2. The molecular weight excluding hydrogens is 324 g/mol. The molecule has 0 aliphatic carbocycles. The van der Waals surface area contributed by atoms with Crippen molar-refractivity contribution < 1.29 is 22.8 Å². The van der Waals surface area contributed by atoms with E-state index in [4.69, 9.17) is 18.0 Å². The number of hydrogen-bond acceptors (Lipinski definition) is 5. The van der Waals surface area contributed by atoms with Crippen LogP contribution in [0.4, 0.5) is 0 Å². The van der Waals surface area contributed by atoms with Gasteiger partial charge in [-0.1, -0.05) is 45.1 Å². The summed E-state index contributed by atoms with van der Waals surface area (Å²) in [5.41, 5.74) is 0. The minimum absolute atomic E-state index is 0.293. The Morgan fingerprint density at radius 3 is 2.17 bits per heavy atom.